The number of halogens is 1. The number of carbonyl (C=O) groups excluding carboxylic acids is 1. The summed E-state index contributed by atoms with van der Waals surface area (Å²) in [4.78, 5) is 13.6. The molecule has 1 fully saturated rings. The molecular formula is C14H16ClNO3S. The van der Waals surface area contributed by atoms with E-state index in [1.807, 2.05) is 18.2 Å². The Kier molecular flexibility index (Phi) is 4.50. The zero-order chi connectivity index (χ0) is 14.8. The van der Waals surface area contributed by atoms with E-state index < -0.39 is 15.1 Å². The van der Waals surface area contributed by atoms with Crippen LogP contribution in [-0.2, 0) is 14.6 Å². The summed E-state index contributed by atoms with van der Waals surface area (Å²) in [5.74, 6) is -0.184. The van der Waals surface area contributed by atoms with E-state index >= 15 is 0 Å². The van der Waals surface area contributed by atoms with Gasteiger partial charge in [0.1, 0.15) is 0 Å². The summed E-state index contributed by atoms with van der Waals surface area (Å²) in [7, 11) is -3.08. The van der Waals surface area contributed by atoms with E-state index in [4.69, 9.17) is 11.6 Å². The van der Waals surface area contributed by atoms with Crippen LogP contribution >= 0.6 is 11.6 Å². The molecule has 1 aliphatic heterocycles. The van der Waals surface area contributed by atoms with E-state index in [0.717, 1.165) is 5.56 Å². The van der Waals surface area contributed by atoms with Crippen LogP contribution in [0.3, 0.4) is 0 Å². The van der Waals surface area contributed by atoms with Gasteiger partial charge in [-0.05, 0) is 24.1 Å². The normalized spacial score (nSPS) is 19.7. The highest BCUT2D eigenvalue weighted by atomic mass is 35.5. The standard InChI is InChI=1S/C14H16ClNO3S/c1-20(18,19)12-8-9-16(10-12)14(17)7-6-11-4-2-3-5-13(11)15/h2-7,12H,8-10H2,1H3. The molecule has 4 nitrogen and oxygen atoms in total. The monoisotopic (exact) mass is 313 g/mol. The van der Waals surface area contributed by atoms with Crippen LogP contribution in [-0.4, -0.2) is 43.8 Å². The Morgan fingerprint density at radius 3 is 2.70 bits per heavy atom. The van der Waals surface area contributed by atoms with Crippen molar-refractivity contribution in [2.45, 2.75) is 11.7 Å². The summed E-state index contributed by atoms with van der Waals surface area (Å²) < 4.78 is 22.9. The van der Waals surface area contributed by atoms with Crippen LogP contribution in [0, 0.1) is 0 Å². The average Bonchev–Trinajstić information content (AvgIpc) is 2.87. The van der Waals surface area contributed by atoms with Crippen molar-refractivity contribution in [3.63, 3.8) is 0 Å². The number of nitrogens with zero attached hydrogens (tertiary/aromatic N) is 1. The molecule has 108 valence electrons. The van der Waals surface area contributed by atoms with Gasteiger partial charge in [0.05, 0.1) is 5.25 Å². The topological polar surface area (TPSA) is 54.5 Å². The minimum atomic E-state index is -3.08. The van der Waals surface area contributed by atoms with Gasteiger partial charge in [-0.15, -0.1) is 0 Å². The van der Waals surface area contributed by atoms with Crippen molar-refractivity contribution in [3.8, 4) is 0 Å². The molecule has 1 aromatic carbocycles. The first-order valence-corrected chi connectivity index (χ1v) is 8.61. The Hall–Kier alpha value is -1.33. The van der Waals surface area contributed by atoms with Gasteiger partial charge in [-0.1, -0.05) is 29.8 Å². The smallest absolute Gasteiger partial charge is 0.246 e. The van der Waals surface area contributed by atoms with Gasteiger partial charge in [0, 0.05) is 30.4 Å². The van der Waals surface area contributed by atoms with E-state index in [2.05, 4.69) is 0 Å². The predicted molar refractivity (Wildman–Crippen MR) is 80.3 cm³/mol. The number of benzene rings is 1. The van der Waals surface area contributed by atoms with E-state index in [-0.39, 0.29) is 12.5 Å². The lowest BCUT2D eigenvalue weighted by Crippen LogP contribution is -2.30. The first kappa shape index (κ1) is 15.1. The van der Waals surface area contributed by atoms with Crippen LogP contribution in [0.25, 0.3) is 6.08 Å². The summed E-state index contributed by atoms with van der Waals surface area (Å²) in [6, 6.07) is 7.22. The van der Waals surface area contributed by atoms with Gasteiger partial charge in [0.15, 0.2) is 9.84 Å². The molecule has 0 spiro atoms. The molecule has 0 N–H and O–H groups in total. The number of likely N-dealkylation sites (tertiary alicyclic amines) is 1. The third-order valence-corrected chi connectivity index (χ3v) is 5.31. The molecule has 0 saturated carbocycles. The molecule has 0 aliphatic carbocycles. The van der Waals surface area contributed by atoms with Crippen LogP contribution in [0.4, 0.5) is 0 Å². The van der Waals surface area contributed by atoms with Crippen molar-refractivity contribution < 1.29 is 13.2 Å². The second-order valence-corrected chi connectivity index (χ2v) is 7.61. The van der Waals surface area contributed by atoms with E-state index in [1.165, 1.54) is 12.3 Å². The molecule has 1 aliphatic rings. The van der Waals surface area contributed by atoms with Crippen LogP contribution in [0.1, 0.15) is 12.0 Å². The van der Waals surface area contributed by atoms with Crippen molar-refractivity contribution in [2.24, 2.45) is 0 Å². The summed E-state index contributed by atoms with van der Waals surface area (Å²) in [6.45, 7) is 0.744. The molecule has 1 heterocycles. The number of hydrogen-bond acceptors (Lipinski definition) is 3. The summed E-state index contributed by atoms with van der Waals surface area (Å²) in [5, 5.41) is 0.132. The first-order chi connectivity index (χ1) is 9.38. The molecule has 0 bridgehead atoms. The van der Waals surface area contributed by atoms with E-state index in [1.54, 1.807) is 17.0 Å². The van der Waals surface area contributed by atoms with E-state index in [0.29, 0.717) is 18.0 Å². The maximum atomic E-state index is 12.0. The third-order valence-electron chi connectivity index (χ3n) is 3.37. The number of amides is 1. The second-order valence-electron chi connectivity index (χ2n) is 4.88. The Morgan fingerprint density at radius 1 is 1.40 bits per heavy atom. The van der Waals surface area contributed by atoms with Gasteiger partial charge < -0.3 is 4.90 Å². The molecule has 1 unspecified atom stereocenters. The summed E-state index contributed by atoms with van der Waals surface area (Å²) >= 11 is 5.99. The molecule has 20 heavy (non-hydrogen) atoms. The molecule has 0 aromatic heterocycles. The highest BCUT2D eigenvalue weighted by Crippen LogP contribution is 2.18. The lowest BCUT2D eigenvalue weighted by Gasteiger charge is -2.13. The van der Waals surface area contributed by atoms with Crippen LogP contribution < -0.4 is 0 Å². The summed E-state index contributed by atoms with van der Waals surface area (Å²) in [5.41, 5.74) is 0.765. The molecular weight excluding hydrogens is 298 g/mol. The van der Waals surface area contributed by atoms with Crippen LogP contribution in [0.2, 0.25) is 5.02 Å². The lowest BCUT2D eigenvalue weighted by molar-refractivity contribution is -0.124. The highest BCUT2D eigenvalue weighted by Gasteiger charge is 2.31. The van der Waals surface area contributed by atoms with Crippen LogP contribution in [0.5, 0.6) is 0 Å². The molecule has 0 radical (unpaired) electrons. The average molecular weight is 314 g/mol. The number of rotatable bonds is 3. The SMILES string of the molecule is CS(=O)(=O)C1CCN(C(=O)C=Cc2ccccc2Cl)C1. The maximum absolute atomic E-state index is 12.0. The predicted octanol–water partition coefficient (Wildman–Crippen LogP) is 2.00. The fourth-order valence-electron chi connectivity index (χ4n) is 2.15. The Bertz CT molecular complexity index is 640. The maximum Gasteiger partial charge on any atom is 0.246 e. The zero-order valence-electron chi connectivity index (χ0n) is 11.1. The van der Waals surface area contributed by atoms with Crippen molar-refractivity contribution in [2.75, 3.05) is 19.3 Å². The van der Waals surface area contributed by atoms with Gasteiger partial charge >= 0.3 is 0 Å². The minimum absolute atomic E-state index is 0.184. The van der Waals surface area contributed by atoms with E-state index in [9.17, 15) is 13.2 Å². The first-order valence-electron chi connectivity index (χ1n) is 6.28. The molecule has 2 rings (SSSR count). The molecule has 6 heteroatoms. The Balaban J connectivity index is 2.02. The fourth-order valence-corrected chi connectivity index (χ4v) is 3.34. The molecule has 1 saturated heterocycles. The lowest BCUT2D eigenvalue weighted by atomic mass is 10.2. The van der Waals surface area contributed by atoms with Gasteiger partial charge in [-0.2, -0.15) is 0 Å². The number of hydrogen-bond donors (Lipinski definition) is 0. The zero-order valence-corrected chi connectivity index (χ0v) is 12.7. The highest BCUT2D eigenvalue weighted by molar-refractivity contribution is 7.91. The van der Waals surface area contributed by atoms with Gasteiger partial charge in [0.2, 0.25) is 5.91 Å². The third kappa shape index (κ3) is 3.61. The second kappa shape index (κ2) is 5.97. The molecule has 1 aromatic rings. The summed E-state index contributed by atoms with van der Waals surface area (Å²) in [6.07, 6.45) is 4.81. The van der Waals surface area contributed by atoms with Crippen molar-refractivity contribution in [1.29, 1.82) is 0 Å². The minimum Gasteiger partial charge on any atom is -0.338 e. The van der Waals surface area contributed by atoms with Crippen LogP contribution in [0.15, 0.2) is 30.3 Å². The number of carbonyl (C=O) groups is 1. The number of sulfone groups is 1. The fraction of sp³-hybridized carbons (Fsp3) is 0.357. The molecule has 1 amide bonds. The molecule has 1 atom stereocenters. The Morgan fingerprint density at radius 2 is 2.10 bits per heavy atom. The van der Waals surface area contributed by atoms with Gasteiger partial charge in [-0.3, -0.25) is 4.79 Å². The Labute approximate surface area is 124 Å². The largest absolute Gasteiger partial charge is 0.338 e. The van der Waals surface area contributed by atoms with Gasteiger partial charge in [0.25, 0.3) is 0 Å². The van der Waals surface area contributed by atoms with Gasteiger partial charge in [-0.25, -0.2) is 8.42 Å². The quantitative estimate of drug-likeness (QED) is 0.802. The van der Waals surface area contributed by atoms with Crippen molar-refractivity contribution in [3.05, 3.63) is 40.9 Å². The van der Waals surface area contributed by atoms with Crippen molar-refractivity contribution >= 4 is 33.4 Å². The van der Waals surface area contributed by atoms with Crippen molar-refractivity contribution in [1.82, 2.24) is 4.90 Å².